The fourth-order valence-corrected chi connectivity index (χ4v) is 9.00. The van der Waals surface area contributed by atoms with E-state index in [1.807, 2.05) is 21.1 Å². The number of rotatable bonds is 56. The first-order valence-corrected chi connectivity index (χ1v) is 32.6. The number of allylic oxidation sites excluding steroid dienone is 18. The molecule has 2 atom stereocenters. The highest BCUT2D eigenvalue weighted by atomic mass is 31.2. The summed E-state index contributed by atoms with van der Waals surface area (Å²) in [6.07, 6.45) is 80.2. The van der Waals surface area contributed by atoms with Crippen LogP contribution in [0.3, 0.4) is 0 Å². The summed E-state index contributed by atoms with van der Waals surface area (Å²) >= 11 is 0. The zero-order valence-corrected chi connectivity index (χ0v) is 51.1. The summed E-state index contributed by atoms with van der Waals surface area (Å²) in [5, 5.41) is 0. The number of carbonyl (C=O) groups is 2. The number of phosphoric ester groups is 1. The fourth-order valence-electron chi connectivity index (χ4n) is 8.26. The largest absolute Gasteiger partial charge is 0.472 e. The highest BCUT2D eigenvalue weighted by Crippen LogP contribution is 2.43. The van der Waals surface area contributed by atoms with Crippen LogP contribution < -0.4 is 0 Å². The van der Waals surface area contributed by atoms with Crippen molar-refractivity contribution in [2.24, 2.45) is 0 Å². The molecule has 0 radical (unpaired) electrons. The van der Waals surface area contributed by atoms with Crippen molar-refractivity contribution in [1.29, 1.82) is 0 Å². The molecule has 0 spiro atoms. The van der Waals surface area contributed by atoms with Crippen LogP contribution in [0.5, 0.6) is 0 Å². The molecule has 0 rings (SSSR count). The molecule has 10 heteroatoms. The Balaban J connectivity index is 4.10. The highest BCUT2D eigenvalue weighted by molar-refractivity contribution is 7.47. The van der Waals surface area contributed by atoms with Gasteiger partial charge in [-0.25, -0.2) is 4.57 Å². The van der Waals surface area contributed by atoms with E-state index in [9.17, 15) is 19.0 Å². The Morgan fingerprint density at radius 2 is 0.740 bits per heavy atom. The highest BCUT2D eigenvalue weighted by Gasteiger charge is 2.27. The van der Waals surface area contributed by atoms with Crippen molar-refractivity contribution in [2.45, 2.75) is 258 Å². The molecule has 2 unspecified atom stereocenters. The van der Waals surface area contributed by atoms with Crippen LogP contribution in [0, 0.1) is 0 Å². The number of ether oxygens (including phenoxy) is 2. The Morgan fingerprint density at radius 3 is 1.10 bits per heavy atom. The van der Waals surface area contributed by atoms with Crippen molar-refractivity contribution in [1.82, 2.24) is 0 Å². The van der Waals surface area contributed by atoms with E-state index in [1.54, 1.807) is 0 Å². The summed E-state index contributed by atoms with van der Waals surface area (Å²) in [5.74, 6) is -0.808. The molecule has 0 aliphatic rings. The minimum absolute atomic E-state index is 0.0261. The molecule has 0 aromatic carbocycles. The molecule has 0 aromatic rings. The second kappa shape index (κ2) is 57.4. The summed E-state index contributed by atoms with van der Waals surface area (Å²) in [7, 11) is 1.46. The van der Waals surface area contributed by atoms with Gasteiger partial charge in [0.05, 0.1) is 27.7 Å². The van der Waals surface area contributed by atoms with E-state index < -0.39 is 26.5 Å². The molecule has 77 heavy (non-hydrogen) atoms. The number of carbonyl (C=O) groups excluding carboxylic acids is 2. The minimum Gasteiger partial charge on any atom is -0.462 e. The number of quaternary nitrogens is 1. The van der Waals surface area contributed by atoms with E-state index in [4.69, 9.17) is 18.5 Å². The maximum Gasteiger partial charge on any atom is 0.472 e. The second-order valence-electron chi connectivity index (χ2n) is 21.7. The molecule has 0 aromatic heterocycles. The lowest BCUT2D eigenvalue weighted by Gasteiger charge is -2.24. The van der Waals surface area contributed by atoms with Gasteiger partial charge in [-0.2, -0.15) is 0 Å². The number of hydrogen-bond donors (Lipinski definition) is 1. The van der Waals surface area contributed by atoms with Crippen molar-refractivity contribution in [3.63, 3.8) is 0 Å². The number of likely N-dealkylation sites (N-methyl/N-ethyl adjacent to an activating group) is 1. The summed E-state index contributed by atoms with van der Waals surface area (Å²) in [6, 6.07) is 0. The van der Waals surface area contributed by atoms with Crippen LogP contribution >= 0.6 is 7.82 Å². The zero-order chi connectivity index (χ0) is 56.3. The molecule has 0 amide bonds. The summed E-state index contributed by atoms with van der Waals surface area (Å²) < 4.78 is 34.6. The number of esters is 2. The van der Waals surface area contributed by atoms with Crippen molar-refractivity contribution in [3.8, 4) is 0 Å². The van der Waals surface area contributed by atoms with Gasteiger partial charge in [-0.1, -0.05) is 245 Å². The van der Waals surface area contributed by atoms with Gasteiger partial charge in [0.2, 0.25) is 0 Å². The Bertz CT molecular complexity index is 1670. The van der Waals surface area contributed by atoms with E-state index in [2.05, 4.69) is 123 Å². The minimum atomic E-state index is -4.39. The molecular formula is C67H117NO8P+. The van der Waals surface area contributed by atoms with Crippen LogP contribution in [0.15, 0.2) is 109 Å². The molecule has 0 bridgehead atoms. The van der Waals surface area contributed by atoms with Crippen molar-refractivity contribution >= 4 is 19.8 Å². The third-order valence-corrected chi connectivity index (χ3v) is 14.0. The predicted octanol–water partition coefficient (Wildman–Crippen LogP) is 19.8. The second-order valence-corrected chi connectivity index (χ2v) is 23.2. The average molecular weight is 1100 g/mol. The van der Waals surface area contributed by atoms with E-state index in [0.717, 1.165) is 103 Å². The maximum atomic E-state index is 12.8. The molecule has 0 saturated heterocycles. The topological polar surface area (TPSA) is 108 Å². The average Bonchev–Trinajstić information content (AvgIpc) is 3.39. The van der Waals surface area contributed by atoms with Gasteiger partial charge in [-0.3, -0.25) is 18.6 Å². The van der Waals surface area contributed by atoms with E-state index >= 15 is 0 Å². The standard InChI is InChI=1S/C67H116NO8P/c1-6-8-10-12-14-16-18-20-22-24-26-27-28-29-30-31-32-33-34-35-36-37-38-39-40-41-42-44-46-48-50-52-54-56-58-60-67(70)76-65(64-75-77(71,72)74-62-61-68(3,4)5)63-73-66(69)59-57-55-53-51-49-47-45-43-25-23-21-19-17-15-13-11-9-7-2/h8,10,14,16-17,19-20,22-23,25-27,29-30,32-33,35-36,65H,6-7,9,11-13,15,18,21,24,28,31,34,37-64H2,1-5H3/p+1/b10-8-,16-14-,19-17-,22-20-,25-23-,27-26-,30-29-,33-32-,36-35-. The number of nitrogens with zero attached hydrogens (tertiary/aromatic N) is 1. The van der Waals surface area contributed by atoms with Crippen LogP contribution in [0.2, 0.25) is 0 Å². The molecule has 0 aliphatic heterocycles. The van der Waals surface area contributed by atoms with Crippen molar-refractivity contribution < 1.29 is 42.1 Å². The first kappa shape index (κ1) is 73.7. The van der Waals surface area contributed by atoms with Crippen LogP contribution in [0.4, 0.5) is 0 Å². The van der Waals surface area contributed by atoms with Crippen molar-refractivity contribution in [3.05, 3.63) is 109 Å². The zero-order valence-electron chi connectivity index (χ0n) is 50.2. The maximum absolute atomic E-state index is 12.8. The molecular weight excluding hydrogens is 978 g/mol. The lowest BCUT2D eigenvalue weighted by Crippen LogP contribution is -2.37. The first-order valence-electron chi connectivity index (χ1n) is 31.1. The third kappa shape index (κ3) is 61.7. The molecule has 9 nitrogen and oxygen atoms in total. The summed E-state index contributed by atoms with van der Waals surface area (Å²) in [5.41, 5.74) is 0. The van der Waals surface area contributed by atoms with E-state index in [1.165, 1.54) is 116 Å². The molecule has 0 heterocycles. The normalized spacial score (nSPS) is 14.0. The van der Waals surface area contributed by atoms with E-state index in [-0.39, 0.29) is 32.0 Å². The first-order chi connectivity index (χ1) is 37.5. The Morgan fingerprint density at radius 1 is 0.416 bits per heavy atom. The monoisotopic (exact) mass is 1090 g/mol. The number of phosphoric acid groups is 1. The molecule has 442 valence electrons. The Labute approximate surface area is 474 Å². The van der Waals surface area contributed by atoms with Gasteiger partial charge >= 0.3 is 19.8 Å². The molecule has 0 fully saturated rings. The quantitative estimate of drug-likeness (QED) is 0.0211. The number of hydrogen-bond acceptors (Lipinski definition) is 7. The summed E-state index contributed by atoms with van der Waals surface area (Å²) in [4.78, 5) is 35.7. The molecule has 0 saturated carbocycles. The van der Waals surface area contributed by atoms with Gasteiger partial charge in [-0.15, -0.1) is 0 Å². The van der Waals surface area contributed by atoms with Gasteiger partial charge in [0, 0.05) is 12.8 Å². The van der Waals surface area contributed by atoms with Gasteiger partial charge in [0.1, 0.15) is 19.8 Å². The predicted molar refractivity (Wildman–Crippen MR) is 330 cm³/mol. The molecule has 0 aliphatic carbocycles. The van der Waals surface area contributed by atoms with Gasteiger partial charge < -0.3 is 18.9 Å². The van der Waals surface area contributed by atoms with Crippen LogP contribution in [-0.4, -0.2) is 74.9 Å². The smallest absolute Gasteiger partial charge is 0.462 e. The van der Waals surface area contributed by atoms with Crippen molar-refractivity contribution in [2.75, 3.05) is 47.5 Å². The third-order valence-electron chi connectivity index (χ3n) is 13.0. The van der Waals surface area contributed by atoms with E-state index in [0.29, 0.717) is 17.4 Å². The van der Waals surface area contributed by atoms with Crippen LogP contribution in [0.1, 0.15) is 251 Å². The van der Waals surface area contributed by atoms with Gasteiger partial charge in [0.25, 0.3) is 0 Å². The fraction of sp³-hybridized carbons (Fsp3) is 0.701. The Hall–Kier alpha value is -3.33. The van der Waals surface area contributed by atoms with Crippen LogP contribution in [0.25, 0.3) is 0 Å². The Kier molecular flexibility index (Phi) is 54.9. The van der Waals surface area contributed by atoms with Gasteiger partial charge in [0.15, 0.2) is 6.10 Å². The summed E-state index contributed by atoms with van der Waals surface area (Å²) in [6.45, 7) is 4.30. The lowest BCUT2D eigenvalue weighted by molar-refractivity contribution is -0.870. The number of unbranched alkanes of at least 4 members (excludes halogenated alkanes) is 24. The lowest BCUT2D eigenvalue weighted by atomic mass is 10.0. The SMILES string of the molecule is CC/C=C\C/C=C\C/C=C\C/C=C\C/C=C\C/C=C\C/C=C\CCCCCCCCCCCCCCCC(=O)OC(COC(=O)CCCCCCCCC/C=C\C/C=C\CCCCCC)COP(=O)(O)OCC[N+](C)(C)C. The molecule has 1 N–H and O–H groups in total. The van der Waals surface area contributed by atoms with Crippen LogP contribution in [-0.2, 0) is 32.7 Å². The van der Waals surface area contributed by atoms with Gasteiger partial charge in [-0.05, 0) is 103 Å².